The Bertz CT molecular complexity index is 996. The summed E-state index contributed by atoms with van der Waals surface area (Å²) >= 11 is 18.4. The molecule has 1 aromatic carbocycles. The van der Waals surface area contributed by atoms with Gasteiger partial charge in [-0.3, -0.25) is 4.40 Å². The van der Waals surface area contributed by atoms with Gasteiger partial charge in [0, 0.05) is 10.7 Å². The molecule has 3 aromatic rings. The lowest BCUT2D eigenvalue weighted by Crippen LogP contribution is -2.11. The number of alkyl halides is 1. The van der Waals surface area contributed by atoms with Crippen LogP contribution in [0.1, 0.15) is 23.1 Å². The summed E-state index contributed by atoms with van der Waals surface area (Å²) in [5.41, 5.74) is 1.69. The molecule has 0 unspecified atom stereocenters. The zero-order valence-electron chi connectivity index (χ0n) is 13.4. The summed E-state index contributed by atoms with van der Waals surface area (Å²) < 4.78 is 8.32. The summed E-state index contributed by atoms with van der Waals surface area (Å²) in [5, 5.41) is 12.1. The number of nitrogens with zero attached hydrogens (tertiary/aromatic N) is 3. The van der Waals surface area contributed by atoms with E-state index < -0.39 is 5.97 Å². The van der Waals surface area contributed by atoms with Crippen LogP contribution in [0, 0.1) is 0 Å². The van der Waals surface area contributed by atoms with Crippen molar-refractivity contribution >= 4 is 84.7 Å². The van der Waals surface area contributed by atoms with Crippen molar-refractivity contribution in [1.29, 1.82) is 0 Å². The minimum Gasteiger partial charge on any atom is -0.462 e. The van der Waals surface area contributed by atoms with Crippen molar-refractivity contribution in [1.82, 2.24) is 14.6 Å². The fourth-order valence-corrected chi connectivity index (χ4v) is 3.85. The van der Waals surface area contributed by atoms with Crippen molar-refractivity contribution in [2.75, 3.05) is 11.9 Å². The molecular formula is C16H12BrCl2IN4O2. The monoisotopic (exact) mass is 568 g/mol. The van der Waals surface area contributed by atoms with Crippen molar-refractivity contribution in [3.05, 3.63) is 50.3 Å². The van der Waals surface area contributed by atoms with Gasteiger partial charge in [0.25, 0.3) is 0 Å². The van der Waals surface area contributed by atoms with E-state index in [0.29, 0.717) is 32.3 Å². The van der Waals surface area contributed by atoms with E-state index in [1.54, 1.807) is 29.7 Å². The standard InChI is InChI=1S/C16H12BrCl2IN4O2/c1-2-26-16(25)9-7-24-12(6-20)22-23-15(24)13(19)14(9)21-11-4-3-8(17)5-10(11)18/h3-5,7,21H,2,6H2,1H3. The molecule has 0 spiro atoms. The van der Waals surface area contributed by atoms with Gasteiger partial charge in [-0.05, 0) is 25.1 Å². The first kappa shape index (κ1) is 19.7. The maximum absolute atomic E-state index is 12.5. The number of rotatable bonds is 5. The summed E-state index contributed by atoms with van der Waals surface area (Å²) in [5.74, 6) is 0.182. The van der Waals surface area contributed by atoms with Crippen molar-refractivity contribution in [2.24, 2.45) is 0 Å². The lowest BCUT2D eigenvalue weighted by molar-refractivity contribution is 0.0527. The van der Waals surface area contributed by atoms with Gasteiger partial charge < -0.3 is 10.1 Å². The normalized spacial score (nSPS) is 11.0. The summed E-state index contributed by atoms with van der Waals surface area (Å²) in [4.78, 5) is 12.5. The van der Waals surface area contributed by atoms with Crippen LogP contribution in [-0.2, 0) is 9.16 Å². The van der Waals surface area contributed by atoms with E-state index in [1.807, 2.05) is 6.07 Å². The highest BCUT2D eigenvalue weighted by Crippen LogP contribution is 2.36. The minimum absolute atomic E-state index is 0.244. The predicted octanol–water partition coefficient (Wildman–Crippen LogP) is 5.65. The number of halogens is 4. The Morgan fingerprint density at radius 1 is 1.38 bits per heavy atom. The lowest BCUT2D eigenvalue weighted by Gasteiger charge is -2.15. The summed E-state index contributed by atoms with van der Waals surface area (Å²) in [7, 11) is 0. The van der Waals surface area contributed by atoms with Gasteiger partial charge in [-0.2, -0.15) is 0 Å². The van der Waals surface area contributed by atoms with Crippen LogP contribution >= 0.6 is 61.7 Å². The highest BCUT2D eigenvalue weighted by Gasteiger charge is 2.22. The lowest BCUT2D eigenvalue weighted by atomic mass is 10.2. The van der Waals surface area contributed by atoms with Crippen LogP contribution in [-0.4, -0.2) is 27.2 Å². The van der Waals surface area contributed by atoms with Crippen molar-refractivity contribution in [2.45, 2.75) is 11.4 Å². The van der Waals surface area contributed by atoms with Crippen LogP contribution in [0.5, 0.6) is 0 Å². The van der Waals surface area contributed by atoms with Gasteiger partial charge in [-0.1, -0.05) is 61.7 Å². The number of ether oxygens (including phenoxy) is 1. The van der Waals surface area contributed by atoms with E-state index in [1.165, 1.54) is 0 Å². The molecule has 2 aromatic heterocycles. The second-order valence-electron chi connectivity index (χ2n) is 5.14. The SMILES string of the molecule is CCOC(=O)c1cn2c(CI)nnc2c(Cl)c1Nc1ccc(Br)cc1Cl. The zero-order chi connectivity index (χ0) is 18.8. The number of nitrogens with one attached hydrogen (secondary N) is 1. The van der Waals surface area contributed by atoms with Gasteiger partial charge in [-0.25, -0.2) is 4.79 Å². The highest BCUT2D eigenvalue weighted by atomic mass is 127. The molecule has 26 heavy (non-hydrogen) atoms. The molecule has 1 N–H and O–H groups in total. The Hall–Kier alpha value is -1.10. The summed E-state index contributed by atoms with van der Waals surface area (Å²) in [6, 6.07) is 5.35. The molecule has 0 saturated heterocycles. The quantitative estimate of drug-likeness (QED) is 0.244. The Kier molecular flexibility index (Phi) is 6.26. The molecule has 6 nitrogen and oxygen atoms in total. The smallest absolute Gasteiger partial charge is 0.341 e. The first-order valence-electron chi connectivity index (χ1n) is 7.47. The Labute approximate surface area is 181 Å². The molecular weight excluding hydrogens is 558 g/mol. The van der Waals surface area contributed by atoms with Crippen LogP contribution in [0.4, 0.5) is 11.4 Å². The number of hydrogen-bond acceptors (Lipinski definition) is 5. The number of fused-ring (bicyclic) bond motifs is 1. The van der Waals surface area contributed by atoms with E-state index in [-0.39, 0.29) is 17.2 Å². The molecule has 0 amide bonds. The topological polar surface area (TPSA) is 68.5 Å². The molecule has 3 rings (SSSR count). The van der Waals surface area contributed by atoms with Gasteiger partial charge in [0.2, 0.25) is 0 Å². The van der Waals surface area contributed by atoms with Gasteiger partial charge >= 0.3 is 5.97 Å². The van der Waals surface area contributed by atoms with Gasteiger partial charge in [0.05, 0.1) is 27.4 Å². The molecule has 136 valence electrons. The number of hydrogen-bond donors (Lipinski definition) is 1. The van der Waals surface area contributed by atoms with E-state index in [9.17, 15) is 4.79 Å². The zero-order valence-corrected chi connectivity index (χ0v) is 18.6. The molecule has 0 atom stereocenters. The molecule has 0 fully saturated rings. The highest BCUT2D eigenvalue weighted by molar-refractivity contribution is 14.1. The third-order valence-corrected chi connectivity index (χ3v) is 5.36. The van der Waals surface area contributed by atoms with E-state index >= 15 is 0 Å². The predicted molar refractivity (Wildman–Crippen MR) is 114 cm³/mol. The molecule has 0 aliphatic rings. The largest absolute Gasteiger partial charge is 0.462 e. The molecule has 0 bridgehead atoms. The molecule has 0 aliphatic heterocycles. The van der Waals surface area contributed by atoms with Gasteiger partial charge in [0.15, 0.2) is 5.65 Å². The van der Waals surface area contributed by atoms with Crippen molar-refractivity contribution < 1.29 is 9.53 Å². The molecule has 2 heterocycles. The second kappa shape index (κ2) is 8.28. The van der Waals surface area contributed by atoms with Crippen LogP contribution in [0.3, 0.4) is 0 Å². The maximum Gasteiger partial charge on any atom is 0.341 e. The number of carbonyl (C=O) groups is 1. The summed E-state index contributed by atoms with van der Waals surface area (Å²) in [6.45, 7) is 1.99. The van der Waals surface area contributed by atoms with Crippen LogP contribution < -0.4 is 5.32 Å². The number of esters is 1. The van der Waals surface area contributed by atoms with E-state index in [4.69, 9.17) is 27.9 Å². The average Bonchev–Trinajstić information content (AvgIpc) is 3.02. The number of carbonyl (C=O) groups excluding carboxylic acids is 1. The fraction of sp³-hybridized carbons (Fsp3) is 0.188. The van der Waals surface area contributed by atoms with Gasteiger partial charge in [-0.15, -0.1) is 10.2 Å². The van der Waals surface area contributed by atoms with Crippen LogP contribution in [0.2, 0.25) is 10.0 Å². The molecule has 0 saturated carbocycles. The number of anilines is 2. The third-order valence-electron chi connectivity index (χ3n) is 3.52. The molecule has 10 heteroatoms. The number of pyridine rings is 1. The van der Waals surface area contributed by atoms with Crippen LogP contribution in [0.15, 0.2) is 28.9 Å². The third kappa shape index (κ3) is 3.78. The first-order chi connectivity index (χ1) is 12.5. The maximum atomic E-state index is 12.5. The minimum atomic E-state index is -0.500. The van der Waals surface area contributed by atoms with Crippen molar-refractivity contribution in [3.63, 3.8) is 0 Å². The van der Waals surface area contributed by atoms with Crippen molar-refractivity contribution in [3.8, 4) is 0 Å². The molecule has 0 aliphatic carbocycles. The Morgan fingerprint density at radius 3 is 2.81 bits per heavy atom. The number of aromatic nitrogens is 3. The van der Waals surface area contributed by atoms with E-state index in [0.717, 1.165) is 4.47 Å². The van der Waals surface area contributed by atoms with Crippen LogP contribution in [0.25, 0.3) is 5.65 Å². The number of benzene rings is 1. The fourth-order valence-electron chi connectivity index (χ4n) is 2.34. The summed E-state index contributed by atoms with van der Waals surface area (Å²) in [6.07, 6.45) is 1.63. The Balaban J connectivity index is 2.19. The van der Waals surface area contributed by atoms with Gasteiger partial charge in [0.1, 0.15) is 16.4 Å². The Morgan fingerprint density at radius 2 is 2.15 bits per heavy atom. The molecule has 0 radical (unpaired) electrons. The van der Waals surface area contributed by atoms with E-state index in [2.05, 4.69) is 54.0 Å². The average molecular weight is 570 g/mol. The second-order valence-corrected chi connectivity index (χ2v) is 7.61. The first-order valence-corrected chi connectivity index (χ1v) is 10.5.